The highest BCUT2D eigenvalue weighted by Gasteiger charge is 2.23. The van der Waals surface area contributed by atoms with Crippen LogP contribution in [0, 0.1) is 5.92 Å². The molecule has 1 aliphatic rings. The first kappa shape index (κ1) is 17.0. The van der Waals surface area contributed by atoms with Crippen molar-refractivity contribution in [1.29, 1.82) is 0 Å². The summed E-state index contributed by atoms with van der Waals surface area (Å²) in [6.45, 7) is 3.70. The third-order valence-electron chi connectivity index (χ3n) is 4.04. The number of carbonyl (C=O) groups is 1. The van der Waals surface area contributed by atoms with Crippen LogP contribution >= 0.6 is 23.2 Å². The van der Waals surface area contributed by atoms with E-state index in [-0.39, 0.29) is 5.91 Å². The Morgan fingerprint density at radius 2 is 2.17 bits per heavy atom. The molecule has 1 fully saturated rings. The largest absolute Gasteiger partial charge is 0.339 e. The lowest BCUT2D eigenvalue weighted by Gasteiger charge is -2.30. The fourth-order valence-corrected chi connectivity index (χ4v) is 3.16. The van der Waals surface area contributed by atoms with Gasteiger partial charge in [0.05, 0.1) is 15.7 Å². The normalized spacial score (nSPS) is 17.6. The molecule has 0 saturated carbocycles. The number of carbonyl (C=O) groups excluding carboxylic acids is 1. The van der Waals surface area contributed by atoms with Crippen molar-refractivity contribution in [3.63, 3.8) is 0 Å². The van der Waals surface area contributed by atoms with Gasteiger partial charge >= 0.3 is 0 Å². The number of rotatable bonds is 3. The van der Waals surface area contributed by atoms with E-state index in [0.717, 1.165) is 25.9 Å². The molecule has 1 amide bonds. The zero-order chi connectivity index (χ0) is 17.1. The van der Waals surface area contributed by atoms with Crippen molar-refractivity contribution < 1.29 is 4.79 Å². The topological polar surface area (TPSA) is 58.1 Å². The van der Waals surface area contributed by atoms with E-state index < -0.39 is 0 Å². The van der Waals surface area contributed by atoms with E-state index in [1.54, 1.807) is 24.3 Å². The van der Waals surface area contributed by atoms with Crippen molar-refractivity contribution in [3.05, 3.63) is 46.3 Å². The molecule has 3 rings (SSSR count). The van der Waals surface area contributed by atoms with Crippen molar-refractivity contribution in [2.24, 2.45) is 5.92 Å². The van der Waals surface area contributed by atoms with Crippen LogP contribution in [-0.4, -0.2) is 33.9 Å². The first-order valence-electron chi connectivity index (χ1n) is 7.87. The highest BCUT2D eigenvalue weighted by molar-refractivity contribution is 6.43. The summed E-state index contributed by atoms with van der Waals surface area (Å²) in [7, 11) is 0. The number of hydrogen-bond acceptors (Lipinski definition) is 4. The molecule has 24 heavy (non-hydrogen) atoms. The molecule has 1 atom stereocenters. The van der Waals surface area contributed by atoms with Crippen LogP contribution in [0.15, 0.2) is 30.6 Å². The highest BCUT2D eigenvalue weighted by Crippen LogP contribution is 2.31. The molecule has 5 nitrogen and oxygen atoms in total. The Morgan fingerprint density at radius 1 is 1.33 bits per heavy atom. The van der Waals surface area contributed by atoms with E-state index in [1.807, 2.05) is 4.90 Å². The Balaban J connectivity index is 1.79. The lowest BCUT2D eigenvalue weighted by molar-refractivity contribution is 0.0677. The second-order valence-corrected chi connectivity index (χ2v) is 6.80. The number of anilines is 2. The van der Waals surface area contributed by atoms with Crippen molar-refractivity contribution in [3.8, 4) is 0 Å². The Kier molecular flexibility index (Phi) is 5.21. The van der Waals surface area contributed by atoms with Crippen LogP contribution < -0.4 is 5.32 Å². The molecule has 0 aliphatic carbocycles. The number of benzene rings is 1. The van der Waals surface area contributed by atoms with Crippen LogP contribution in [0.4, 0.5) is 11.5 Å². The van der Waals surface area contributed by atoms with Gasteiger partial charge in [0, 0.05) is 19.2 Å². The minimum absolute atomic E-state index is 0.0656. The molecule has 1 aromatic heterocycles. The van der Waals surface area contributed by atoms with Crippen LogP contribution in [-0.2, 0) is 0 Å². The molecule has 1 saturated heterocycles. The smallest absolute Gasteiger partial charge is 0.272 e. The Labute approximate surface area is 151 Å². The van der Waals surface area contributed by atoms with E-state index >= 15 is 0 Å². The summed E-state index contributed by atoms with van der Waals surface area (Å²) in [5.41, 5.74) is 1.01. The van der Waals surface area contributed by atoms with Crippen LogP contribution in [0.1, 0.15) is 30.3 Å². The minimum atomic E-state index is -0.0656. The number of halogens is 2. The molecule has 0 bridgehead atoms. The SMILES string of the molecule is CC1CCCN(C(=O)c2cc(Nc3cccc(Cl)c3Cl)ncn2)C1. The third kappa shape index (κ3) is 3.79. The number of nitrogens with one attached hydrogen (secondary N) is 1. The van der Waals surface area contributed by atoms with Crippen molar-refractivity contribution in [1.82, 2.24) is 14.9 Å². The monoisotopic (exact) mass is 364 g/mol. The van der Waals surface area contributed by atoms with Crippen molar-refractivity contribution in [2.45, 2.75) is 19.8 Å². The number of hydrogen-bond donors (Lipinski definition) is 1. The van der Waals surface area contributed by atoms with Crippen molar-refractivity contribution in [2.75, 3.05) is 18.4 Å². The second-order valence-electron chi connectivity index (χ2n) is 6.01. The molecule has 2 aromatic rings. The molecule has 1 aliphatic heterocycles. The molecule has 7 heteroatoms. The molecule has 0 radical (unpaired) electrons. The fourth-order valence-electron chi connectivity index (χ4n) is 2.82. The standard InChI is InChI=1S/C17H18Cl2N4O/c1-11-4-3-7-23(9-11)17(24)14-8-15(21-10-20-14)22-13-6-2-5-12(18)16(13)19/h2,5-6,8,10-11H,3-4,7,9H2,1H3,(H,20,21,22). The number of aromatic nitrogens is 2. The predicted molar refractivity (Wildman–Crippen MR) is 96.1 cm³/mol. The number of amides is 1. The summed E-state index contributed by atoms with van der Waals surface area (Å²) in [5.74, 6) is 0.958. The van der Waals surface area contributed by atoms with Gasteiger partial charge < -0.3 is 10.2 Å². The van der Waals surface area contributed by atoms with Crippen LogP contribution in [0.3, 0.4) is 0 Å². The maximum Gasteiger partial charge on any atom is 0.272 e. The van der Waals surface area contributed by atoms with Gasteiger partial charge in [-0.05, 0) is 30.9 Å². The maximum atomic E-state index is 12.6. The van der Waals surface area contributed by atoms with Gasteiger partial charge in [-0.2, -0.15) is 0 Å². The van der Waals surface area contributed by atoms with Gasteiger partial charge in [0.1, 0.15) is 17.8 Å². The van der Waals surface area contributed by atoms with Crippen LogP contribution in [0.2, 0.25) is 10.0 Å². The molecule has 1 aromatic carbocycles. The van der Waals surface area contributed by atoms with Gasteiger partial charge in [0.2, 0.25) is 0 Å². The quantitative estimate of drug-likeness (QED) is 0.876. The first-order valence-corrected chi connectivity index (χ1v) is 8.62. The Hall–Kier alpha value is -1.85. The average Bonchev–Trinajstić information content (AvgIpc) is 2.58. The lowest BCUT2D eigenvalue weighted by Crippen LogP contribution is -2.39. The van der Waals surface area contributed by atoms with Crippen LogP contribution in [0.5, 0.6) is 0 Å². The lowest BCUT2D eigenvalue weighted by atomic mass is 10.00. The fraction of sp³-hybridized carbons (Fsp3) is 0.353. The molecular formula is C17H18Cl2N4O. The molecule has 2 heterocycles. The maximum absolute atomic E-state index is 12.6. The average molecular weight is 365 g/mol. The van der Waals surface area contributed by atoms with Gasteiger partial charge in [0.15, 0.2) is 0 Å². The summed E-state index contributed by atoms with van der Waals surface area (Å²) in [6.07, 6.45) is 3.57. The predicted octanol–water partition coefficient (Wildman–Crippen LogP) is 4.40. The summed E-state index contributed by atoms with van der Waals surface area (Å²) >= 11 is 12.2. The van der Waals surface area contributed by atoms with Gasteiger partial charge in [0.25, 0.3) is 5.91 Å². The number of likely N-dealkylation sites (tertiary alicyclic amines) is 1. The molecule has 0 spiro atoms. The molecule has 1 N–H and O–H groups in total. The highest BCUT2D eigenvalue weighted by atomic mass is 35.5. The second kappa shape index (κ2) is 7.36. The summed E-state index contributed by atoms with van der Waals surface area (Å²) in [4.78, 5) is 22.8. The van der Waals surface area contributed by atoms with Crippen LogP contribution in [0.25, 0.3) is 0 Å². The van der Waals surface area contributed by atoms with E-state index in [0.29, 0.717) is 33.2 Å². The zero-order valence-electron chi connectivity index (χ0n) is 13.3. The molecular weight excluding hydrogens is 347 g/mol. The number of piperidine rings is 1. The third-order valence-corrected chi connectivity index (χ3v) is 4.86. The summed E-state index contributed by atoms with van der Waals surface area (Å²) < 4.78 is 0. The Morgan fingerprint density at radius 3 is 2.96 bits per heavy atom. The molecule has 1 unspecified atom stereocenters. The van der Waals surface area contributed by atoms with E-state index in [4.69, 9.17) is 23.2 Å². The van der Waals surface area contributed by atoms with Gasteiger partial charge in [-0.3, -0.25) is 4.79 Å². The minimum Gasteiger partial charge on any atom is -0.339 e. The van der Waals surface area contributed by atoms with Crippen molar-refractivity contribution >= 4 is 40.6 Å². The van der Waals surface area contributed by atoms with Gasteiger partial charge in [-0.15, -0.1) is 0 Å². The van der Waals surface area contributed by atoms with Gasteiger partial charge in [-0.1, -0.05) is 36.2 Å². The summed E-state index contributed by atoms with van der Waals surface area (Å²) in [6, 6.07) is 6.93. The first-order chi connectivity index (χ1) is 11.5. The number of nitrogens with zero attached hydrogens (tertiary/aromatic N) is 3. The van der Waals surface area contributed by atoms with E-state index in [1.165, 1.54) is 6.33 Å². The summed E-state index contributed by atoms with van der Waals surface area (Å²) in [5, 5.41) is 3.95. The van der Waals surface area contributed by atoms with Gasteiger partial charge in [-0.25, -0.2) is 9.97 Å². The zero-order valence-corrected chi connectivity index (χ0v) is 14.8. The van der Waals surface area contributed by atoms with E-state index in [9.17, 15) is 4.79 Å². The molecule has 126 valence electrons. The Bertz CT molecular complexity index is 753. The van der Waals surface area contributed by atoms with E-state index in [2.05, 4.69) is 22.2 Å².